The van der Waals surface area contributed by atoms with Crippen molar-refractivity contribution < 1.29 is 0 Å². The second-order valence-electron chi connectivity index (χ2n) is 5.10. The number of aryl methyl sites for hydroxylation is 1. The molecule has 0 unspecified atom stereocenters. The normalized spacial score (nSPS) is 10.7. The van der Waals surface area contributed by atoms with E-state index in [0.717, 1.165) is 30.1 Å². The summed E-state index contributed by atoms with van der Waals surface area (Å²) in [6.45, 7) is 7.49. The van der Waals surface area contributed by atoms with Crippen LogP contribution in [0.4, 0.5) is 5.95 Å². The van der Waals surface area contributed by atoms with Crippen molar-refractivity contribution in [3.05, 3.63) is 72.3 Å². The van der Waals surface area contributed by atoms with Crippen molar-refractivity contribution in [3.8, 4) is 0 Å². The Morgan fingerprint density at radius 3 is 2.71 bits per heavy atom. The lowest BCUT2D eigenvalue weighted by Crippen LogP contribution is -2.07. The molecule has 21 heavy (non-hydrogen) atoms. The molecule has 106 valence electrons. The van der Waals surface area contributed by atoms with Crippen LogP contribution in [-0.4, -0.2) is 9.55 Å². The molecule has 3 heteroatoms. The number of allylic oxidation sites excluding steroid dienone is 1. The van der Waals surface area contributed by atoms with Crippen molar-refractivity contribution in [1.82, 2.24) is 9.55 Å². The zero-order valence-electron chi connectivity index (χ0n) is 12.2. The van der Waals surface area contributed by atoms with Crippen LogP contribution in [0.1, 0.15) is 11.1 Å². The van der Waals surface area contributed by atoms with Gasteiger partial charge >= 0.3 is 0 Å². The van der Waals surface area contributed by atoms with Gasteiger partial charge in [0.1, 0.15) is 0 Å². The van der Waals surface area contributed by atoms with E-state index < -0.39 is 0 Å². The standard InChI is InChI=1S/C18H19N3/c1-3-12-21-17-11-7-6-10-16(17)20-18(21)19-13-15-9-5-4-8-14(15)2/h3-11H,1,12-13H2,2H3,(H,19,20). The lowest BCUT2D eigenvalue weighted by Gasteiger charge is -2.10. The van der Waals surface area contributed by atoms with E-state index in [4.69, 9.17) is 0 Å². The van der Waals surface area contributed by atoms with Crippen LogP contribution in [0.15, 0.2) is 61.2 Å². The highest BCUT2D eigenvalue weighted by Crippen LogP contribution is 2.20. The van der Waals surface area contributed by atoms with Gasteiger partial charge in [0.25, 0.3) is 0 Å². The molecule has 0 saturated carbocycles. The topological polar surface area (TPSA) is 29.9 Å². The Kier molecular flexibility index (Phi) is 3.73. The van der Waals surface area contributed by atoms with Crippen molar-refractivity contribution >= 4 is 17.0 Å². The highest BCUT2D eigenvalue weighted by molar-refractivity contribution is 5.78. The third-order valence-corrected chi connectivity index (χ3v) is 3.66. The molecule has 0 aliphatic carbocycles. The molecule has 1 heterocycles. The molecule has 0 saturated heterocycles. The van der Waals surface area contributed by atoms with Crippen LogP contribution in [0.3, 0.4) is 0 Å². The number of fused-ring (bicyclic) bond motifs is 1. The van der Waals surface area contributed by atoms with Crippen LogP contribution in [0, 0.1) is 6.92 Å². The molecule has 1 N–H and O–H groups in total. The van der Waals surface area contributed by atoms with Gasteiger partial charge in [0.2, 0.25) is 5.95 Å². The van der Waals surface area contributed by atoms with Gasteiger partial charge in [-0.15, -0.1) is 6.58 Å². The van der Waals surface area contributed by atoms with Crippen molar-refractivity contribution in [2.45, 2.75) is 20.0 Å². The molecule has 0 atom stereocenters. The fourth-order valence-electron chi connectivity index (χ4n) is 2.51. The van der Waals surface area contributed by atoms with Crippen molar-refractivity contribution in [2.24, 2.45) is 0 Å². The Hall–Kier alpha value is -2.55. The number of nitrogens with zero attached hydrogens (tertiary/aromatic N) is 2. The van der Waals surface area contributed by atoms with Crippen LogP contribution in [-0.2, 0) is 13.1 Å². The Morgan fingerprint density at radius 2 is 1.90 bits per heavy atom. The lowest BCUT2D eigenvalue weighted by atomic mass is 10.1. The summed E-state index contributed by atoms with van der Waals surface area (Å²) in [5.74, 6) is 0.888. The van der Waals surface area contributed by atoms with Gasteiger partial charge in [0, 0.05) is 13.1 Å². The SMILES string of the molecule is C=CCn1c(NCc2ccccc2C)nc2ccccc21. The molecule has 0 amide bonds. The molecule has 0 spiro atoms. The first kappa shape index (κ1) is 13.4. The first-order chi connectivity index (χ1) is 10.3. The first-order valence-corrected chi connectivity index (χ1v) is 7.14. The second-order valence-corrected chi connectivity index (χ2v) is 5.10. The number of benzene rings is 2. The maximum Gasteiger partial charge on any atom is 0.204 e. The van der Waals surface area contributed by atoms with Gasteiger partial charge in [0.15, 0.2) is 0 Å². The predicted octanol–water partition coefficient (Wildman–Crippen LogP) is 4.14. The number of rotatable bonds is 5. The summed E-state index contributed by atoms with van der Waals surface area (Å²) < 4.78 is 2.15. The lowest BCUT2D eigenvalue weighted by molar-refractivity contribution is 0.846. The Labute approximate surface area is 124 Å². The number of anilines is 1. The minimum atomic E-state index is 0.747. The van der Waals surface area contributed by atoms with E-state index in [1.165, 1.54) is 11.1 Å². The van der Waals surface area contributed by atoms with Crippen LogP contribution >= 0.6 is 0 Å². The number of hydrogen-bond acceptors (Lipinski definition) is 2. The molecular weight excluding hydrogens is 258 g/mol. The van der Waals surface area contributed by atoms with Gasteiger partial charge in [-0.05, 0) is 30.2 Å². The van der Waals surface area contributed by atoms with Crippen molar-refractivity contribution in [1.29, 1.82) is 0 Å². The summed E-state index contributed by atoms with van der Waals surface area (Å²) >= 11 is 0. The molecule has 0 bridgehead atoms. The number of aromatic nitrogens is 2. The van der Waals surface area contributed by atoms with Crippen LogP contribution < -0.4 is 5.32 Å². The first-order valence-electron chi connectivity index (χ1n) is 7.14. The monoisotopic (exact) mass is 277 g/mol. The minimum absolute atomic E-state index is 0.747. The molecule has 0 fully saturated rings. The molecular formula is C18H19N3. The van der Waals surface area contributed by atoms with E-state index in [2.05, 4.69) is 58.7 Å². The molecule has 0 aliphatic heterocycles. The zero-order valence-corrected chi connectivity index (χ0v) is 12.2. The van der Waals surface area contributed by atoms with Gasteiger partial charge in [-0.3, -0.25) is 0 Å². The van der Waals surface area contributed by atoms with E-state index >= 15 is 0 Å². The quantitative estimate of drug-likeness (QED) is 0.710. The average Bonchev–Trinajstić information content (AvgIpc) is 2.85. The fraction of sp³-hybridized carbons (Fsp3) is 0.167. The van der Waals surface area contributed by atoms with Gasteiger partial charge in [0.05, 0.1) is 11.0 Å². The van der Waals surface area contributed by atoms with Gasteiger partial charge in [-0.2, -0.15) is 0 Å². The smallest absolute Gasteiger partial charge is 0.204 e. The molecule has 0 radical (unpaired) electrons. The summed E-state index contributed by atoms with van der Waals surface area (Å²) in [6, 6.07) is 16.6. The summed E-state index contributed by atoms with van der Waals surface area (Å²) in [7, 11) is 0. The molecule has 3 nitrogen and oxygen atoms in total. The molecule has 0 aliphatic rings. The van der Waals surface area contributed by atoms with Crippen molar-refractivity contribution in [3.63, 3.8) is 0 Å². The van der Waals surface area contributed by atoms with Crippen LogP contribution in [0.2, 0.25) is 0 Å². The average molecular weight is 277 g/mol. The Morgan fingerprint density at radius 1 is 1.14 bits per heavy atom. The number of nitrogens with one attached hydrogen (secondary N) is 1. The largest absolute Gasteiger partial charge is 0.352 e. The summed E-state index contributed by atoms with van der Waals surface area (Å²) in [4.78, 5) is 4.68. The van der Waals surface area contributed by atoms with Crippen molar-refractivity contribution in [2.75, 3.05) is 5.32 Å². The minimum Gasteiger partial charge on any atom is -0.352 e. The van der Waals surface area contributed by atoms with E-state index in [1.807, 2.05) is 24.3 Å². The number of hydrogen-bond donors (Lipinski definition) is 1. The molecule has 2 aromatic carbocycles. The second kappa shape index (κ2) is 5.83. The summed E-state index contributed by atoms with van der Waals surface area (Å²) in [6.07, 6.45) is 1.90. The van der Waals surface area contributed by atoms with Gasteiger partial charge in [-0.1, -0.05) is 42.5 Å². The molecule has 3 aromatic rings. The number of para-hydroxylation sites is 2. The van der Waals surface area contributed by atoms with Crippen LogP contribution in [0.25, 0.3) is 11.0 Å². The third-order valence-electron chi connectivity index (χ3n) is 3.66. The van der Waals surface area contributed by atoms with Crippen LogP contribution in [0.5, 0.6) is 0 Å². The Balaban J connectivity index is 1.91. The highest BCUT2D eigenvalue weighted by Gasteiger charge is 2.09. The van der Waals surface area contributed by atoms with E-state index in [-0.39, 0.29) is 0 Å². The zero-order chi connectivity index (χ0) is 14.7. The highest BCUT2D eigenvalue weighted by atomic mass is 15.2. The number of imidazole rings is 1. The molecule has 3 rings (SSSR count). The fourth-order valence-corrected chi connectivity index (χ4v) is 2.51. The van der Waals surface area contributed by atoms with E-state index in [1.54, 1.807) is 0 Å². The van der Waals surface area contributed by atoms with E-state index in [9.17, 15) is 0 Å². The molecule has 1 aromatic heterocycles. The maximum absolute atomic E-state index is 4.68. The predicted molar refractivity (Wildman–Crippen MR) is 88.4 cm³/mol. The van der Waals surface area contributed by atoms with Gasteiger partial charge in [-0.25, -0.2) is 4.98 Å². The third kappa shape index (κ3) is 2.68. The summed E-state index contributed by atoms with van der Waals surface area (Å²) in [5, 5.41) is 3.45. The maximum atomic E-state index is 4.68. The Bertz CT molecular complexity index is 771. The summed E-state index contributed by atoms with van der Waals surface area (Å²) in [5.41, 5.74) is 4.71. The van der Waals surface area contributed by atoms with E-state index in [0.29, 0.717) is 0 Å². The van der Waals surface area contributed by atoms with Gasteiger partial charge < -0.3 is 9.88 Å².